The second kappa shape index (κ2) is 18.1. The molecular formula is C62H45GeN7. The van der Waals surface area contributed by atoms with Crippen molar-refractivity contribution in [1.29, 1.82) is 0 Å². The van der Waals surface area contributed by atoms with E-state index in [0.29, 0.717) is 34.9 Å². The van der Waals surface area contributed by atoms with Gasteiger partial charge in [0.25, 0.3) is 0 Å². The van der Waals surface area contributed by atoms with Crippen LogP contribution in [0.4, 0.5) is 0 Å². The summed E-state index contributed by atoms with van der Waals surface area (Å²) in [5, 5.41) is 2.24. The van der Waals surface area contributed by atoms with Gasteiger partial charge in [0.05, 0.1) is 0 Å². The van der Waals surface area contributed by atoms with Crippen LogP contribution in [0.5, 0.6) is 0 Å². The van der Waals surface area contributed by atoms with E-state index in [1.54, 1.807) is 0 Å². The van der Waals surface area contributed by atoms with Crippen LogP contribution in [0, 0.1) is 13.8 Å². The molecule has 7 nitrogen and oxygen atoms in total. The van der Waals surface area contributed by atoms with Crippen LogP contribution >= 0.6 is 0 Å². The van der Waals surface area contributed by atoms with Crippen LogP contribution in [0.2, 0.25) is 0 Å². The molecule has 0 unspecified atom stereocenters. The van der Waals surface area contributed by atoms with E-state index < -0.39 is 13.3 Å². The minimum absolute atomic E-state index is 0.566. The molecule has 332 valence electrons. The summed E-state index contributed by atoms with van der Waals surface area (Å²) in [6, 6.07) is 84.9. The number of aromatic nitrogens is 7. The van der Waals surface area contributed by atoms with Crippen molar-refractivity contribution in [3.8, 4) is 62.4 Å². The molecule has 12 aromatic rings. The van der Waals surface area contributed by atoms with Crippen LogP contribution in [0.3, 0.4) is 0 Å². The molecule has 0 saturated carbocycles. The average Bonchev–Trinajstić information content (AvgIpc) is 3.75. The maximum atomic E-state index is 5.37. The maximum absolute atomic E-state index is 5.37. The van der Waals surface area contributed by atoms with Crippen LogP contribution in [0.15, 0.2) is 237 Å². The standard InChI is InChI=1S/C62H45GeN7/c1-42-64-43(2)66-61(65-42)48-35-37-54-53-33-18-19-34-56(53)70(58(54)41-48)57-38-36-47(40-55(57)62-68-59(44-21-8-3-9-22-44)67-60(69-62)45-23-10-4-11-24-45)46-25-20-32-52(39-46)63(49-26-12-5-13-27-49,50-28-14-6-15-29-50)51-30-16-7-17-31-51/h3-41H,1-2H3. The molecule has 0 amide bonds. The molecule has 0 N–H and O–H groups in total. The average molecular weight is 961 g/mol. The number of para-hydroxylation sites is 1. The first-order valence-electron chi connectivity index (χ1n) is 23.5. The van der Waals surface area contributed by atoms with Gasteiger partial charge in [0.1, 0.15) is 11.6 Å². The van der Waals surface area contributed by atoms with E-state index in [9.17, 15) is 0 Å². The molecule has 3 heterocycles. The summed E-state index contributed by atoms with van der Waals surface area (Å²) >= 11 is -3.61. The molecule has 0 atom stereocenters. The smallest absolute Gasteiger partial charge is 0.213 e. The van der Waals surface area contributed by atoms with Gasteiger partial charge >= 0.3 is 359 Å². The molecule has 0 spiro atoms. The monoisotopic (exact) mass is 961 g/mol. The van der Waals surface area contributed by atoms with E-state index >= 15 is 0 Å². The number of hydrogen-bond acceptors (Lipinski definition) is 6. The fourth-order valence-electron chi connectivity index (χ4n) is 10.1. The molecule has 0 bridgehead atoms. The summed E-state index contributed by atoms with van der Waals surface area (Å²) in [6.45, 7) is 3.82. The van der Waals surface area contributed by atoms with E-state index in [0.717, 1.165) is 60.9 Å². The molecular weight excluding hydrogens is 915 g/mol. The molecule has 3 aromatic heterocycles. The second-order valence-corrected chi connectivity index (χ2v) is 25.5. The van der Waals surface area contributed by atoms with Gasteiger partial charge in [-0.2, -0.15) is 0 Å². The Kier molecular flexibility index (Phi) is 11.0. The predicted molar refractivity (Wildman–Crippen MR) is 288 cm³/mol. The van der Waals surface area contributed by atoms with Crippen LogP contribution in [0.1, 0.15) is 11.6 Å². The molecule has 9 aromatic carbocycles. The first-order valence-corrected chi connectivity index (χ1v) is 27.7. The Labute approximate surface area is 409 Å². The van der Waals surface area contributed by atoms with Gasteiger partial charge in [-0.25, -0.2) is 15.0 Å². The molecule has 0 fully saturated rings. The molecule has 8 heteroatoms. The third-order valence-corrected chi connectivity index (χ3v) is 23.2. The van der Waals surface area contributed by atoms with Crippen LogP contribution in [-0.2, 0) is 0 Å². The first kappa shape index (κ1) is 42.7. The van der Waals surface area contributed by atoms with E-state index in [2.05, 4.69) is 210 Å². The zero-order chi connectivity index (χ0) is 47.0. The Hall–Kier alpha value is -8.66. The van der Waals surface area contributed by atoms with Gasteiger partial charge < -0.3 is 0 Å². The largest absolute Gasteiger partial charge is 0.213 e. The van der Waals surface area contributed by atoms with Crippen molar-refractivity contribution in [3.05, 3.63) is 248 Å². The van der Waals surface area contributed by atoms with E-state index in [4.69, 9.17) is 24.9 Å². The Morgan fingerprint density at radius 2 is 0.743 bits per heavy atom. The molecule has 0 aliphatic rings. The van der Waals surface area contributed by atoms with Crippen molar-refractivity contribution in [3.63, 3.8) is 0 Å². The van der Waals surface area contributed by atoms with Gasteiger partial charge in [-0.3, -0.25) is 0 Å². The number of benzene rings is 9. The number of hydrogen-bond donors (Lipinski definition) is 0. The Bertz CT molecular complexity index is 3670. The number of nitrogens with zero attached hydrogens (tertiary/aromatic N) is 7. The Morgan fingerprint density at radius 1 is 0.300 bits per heavy atom. The fraction of sp³-hybridized carbons (Fsp3) is 0.0323. The first-order chi connectivity index (χ1) is 34.5. The van der Waals surface area contributed by atoms with Crippen LogP contribution < -0.4 is 17.6 Å². The molecule has 0 radical (unpaired) electrons. The number of fused-ring (bicyclic) bond motifs is 3. The van der Waals surface area contributed by atoms with Gasteiger partial charge in [-0.15, -0.1) is 0 Å². The molecule has 70 heavy (non-hydrogen) atoms. The van der Waals surface area contributed by atoms with E-state index in [-0.39, 0.29) is 0 Å². The van der Waals surface area contributed by atoms with Crippen molar-refractivity contribution < 1.29 is 0 Å². The summed E-state index contributed by atoms with van der Waals surface area (Å²) in [6.07, 6.45) is 0. The molecule has 0 aliphatic carbocycles. The minimum atomic E-state index is -3.61. The third-order valence-electron chi connectivity index (χ3n) is 13.2. The van der Waals surface area contributed by atoms with Crippen LogP contribution in [0.25, 0.3) is 84.2 Å². The quantitative estimate of drug-likeness (QED) is 0.127. The van der Waals surface area contributed by atoms with Gasteiger partial charge in [0, 0.05) is 0 Å². The van der Waals surface area contributed by atoms with Crippen molar-refractivity contribution in [1.82, 2.24) is 34.5 Å². The van der Waals surface area contributed by atoms with Crippen LogP contribution in [-0.4, -0.2) is 47.7 Å². The normalized spacial score (nSPS) is 11.6. The number of aryl methyl sites for hydroxylation is 2. The van der Waals surface area contributed by atoms with Gasteiger partial charge in [-0.1, -0.05) is 12.1 Å². The maximum Gasteiger partial charge on any atom is -0.213 e. The summed E-state index contributed by atoms with van der Waals surface area (Å²) in [4.78, 5) is 29.9. The van der Waals surface area contributed by atoms with Crippen molar-refractivity contribution in [2.75, 3.05) is 0 Å². The number of rotatable bonds is 10. The summed E-state index contributed by atoms with van der Waals surface area (Å²) in [5.74, 6) is 3.76. The van der Waals surface area contributed by atoms with E-state index in [1.807, 2.05) is 50.2 Å². The summed E-state index contributed by atoms with van der Waals surface area (Å²) in [5.41, 5.74) is 8.73. The predicted octanol–water partition coefficient (Wildman–Crippen LogP) is 11.5. The second-order valence-electron chi connectivity index (χ2n) is 17.5. The van der Waals surface area contributed by atoms with Crippen molar-refractivity contribution >= 4 is 52.7 Å². The Morgan fingerprint density at radius 3 is 1.33 bits per heavy atom. The SMILES string of the molecule is Cc1nc(C)nc(-c2ccc3c4ccccc4n(-c4ccc(-c5ccc[c]([Ge]([c]6ccccc6)([c]6ccccc6)[c]6ccccc6)c5)cc4-c4nc(-c5ccccc5)nc(-c5ccccc5)n4)c3c2)n1. The summed E-state index contributed by atoms with van der Waals surface area (Å²) in [7, 11) is 0. The van der Waals surface area contributed by atoms with Gasteiger partial charge in [0.15, 0.2) is 0 Å². The molecule has 12 rings (SSSR count). The van der Waals surface area contributed by atoms with Crippen molar-refractivity contribution in [2.45, 2.75) is 13.8 Å². The van der Waals surface area contributed by atoms with Crippen molar-refractivity contribution in [2.24, 2.45) is 0 Å². The molecule has 0 aliphatic heterocycles. The van der Waals surface area contributed by atoms with Gasteiger partial charge in [-0.05, 0) is 13.8 Å². The zero-order valence-electron chi connectivity index (χ0n) is 38.6. The zero-order valence-corrected chi connectivity index (χ0v) is 40.7. The molecule has 0 saturated heterocycles. The van der Waals surface area contributed by atoms with Gasteiger partial charge in [0.2, 0.25) is 0 Å². The Balaban J connectivity index is 1.14. The third kappa shape index (κ3) is 7.66. The topological polar surface area (TPSA) is 82.3 Å². The minimum Gasteiger partial charge on any atom is -0.213 e. The van der Waals surface area contributed by atoms with E-state index in [1.165, 1.54) is 17.6 Å². The fourth-order valence-corrected chi connectivity index (χ4v) is 20.2. The summed E-state index contributed by atoms with van der Waals surface area (Å²) < 4.78 is 7.79.